The first-order valence-electron chi connectivity index (χ1n) is 8.65. The summed E-state index contributed by atoms with van der Waals surface area (Å²) in [5, 5.41) is 1.18. The molecule has 0 N–H and O–H groups in total. The number of anilines is 1. The third-order valence-corrected chi connectivity index (χ3v) is 5.16. The van der Waals surface area contributed by atoms with Crippen molar-refractivity contribution < 1.29 is 0 Å². The maximum absolute atomic E-state index is 12.8. The van der Waals surface area contributed by atoms with Crippen LogP contribution in [0.3, 0.4) is 0 Å². The predicted molar refractivity (Wildman–Crippen MR) is 104 cm³/mol. The topological polar surface area (TPSA) is 54.3 Å². The first-order valence-corrected chi connectivity index (χ1v) is 9.03. The van der Waals surface area contributed by atoms with Gasteiger partial charge in [0, 0.05) is 43.6 Å². The van der Waals surface area contributed by atoms with Crippen LogP contribution in [-0.4, -0.2) is 52.7 Å². The zero-order valence-corrected chi connectivity index (χ0v) is 15.4. The van der Waals surface area contributed by atoms with E-state index in [1.807, 2.05) is 30.3 Å². The molecule has 26 heavy (non-hydrogen) atoms. The average Bonchev–Trinajstić information content (AvgIpc) is 2.66. The van der Waals surface area contributed by atoms with Crippen LogP contribution in [0.1, 0.15) is 5.56 Å². The third-order valence-electron chi connectivity index (χ3n) is 4.79. The van der Waals surface area contributed by atoms with E-state index in [1.165, 1.54) is 0 Å². The number of aromatic nitrogens is 3. The number of fused-ring (bicyclic) bond motifs is 1. The Balaban J connectivity index is 1.65. The number of halogens is 1. The molecule has 0 amide bonds. The van der Waals surface area contributed by atoms with Crippen LogP contribution >= 0.6 is 11.6 Å². The molecule has 0 spiro atoms. The Morgan fingerprint density at radius 3 is 2.65 bits per heavy atom. The number of hydrogen-bond acceptors (Lipinski definition) is 5. The first-order chi connectivity index (χ1) is 12.6. The first kappa shape index (κ1) is 17.0. The van der Waals surface area contributed by atoms with Gasteiger partial charge in [-0.3, -0.25) is 4.79 Å². The summed E-state index contributed by atoms with van der Waals surface area (Å²) in [6, 6.07) is 9.41. The Morgan fingerprint density at radius 2 is 1.88 bits per heavy atom. The smallest absolute Gasteiger partial charge is 0.261 e. The third kappa shape index (κ3) is 3.30. The van der Waals surface area contributed by atoms with E-state index in [4.69, 9.17) is 11.6 Å². The number of rotatable bonds is 3. The van der Waals surface area contributed by atoms with Crippen LogP contribution in [0.2, 0.25) is 5.02 Å². The summed E-state index contributed by atoms with van der Waals surface area (Å²) >= 11 is 6.21. The van der Waals surface area contributed by atoms with E-state index in [-0.39, 0.29) is 5.56 Å². The second-order valence-electron chi connectivity index (χ2n) is 6.60. The van der Waals surface area contributed by atoms with Gasteiger partial charge in [0.1, 0.15) is 0 Å². The molecule has 3 aromatic rings. The summed E-state index contributed by atoms with van der Waals surface area (Å²) < 4.78 is 1.64. The molecule has 134 valence electrons. The van der Waals surface area contributed by atoms with Crippen LogP contribution in [0, 0.1) is 0 Å². The molecule has 3 heterocycles. The predicted octanol–water partition coefficient (Wildman–Crippen LogP) is 2.24. The van der Waals surface area contributed by atoms with Gasteiger partial charge in [-0.2, -0.15) is 0 Å². The van der Waals surface area contributed by atoms with Crippen molar-refractivity contribution in [3.8, 4) is 0 Å². The molecule has 0 bridgehead atoms. The van der Waals surface area contributed by atoms with E-state index < -0.39 is 0 Å². The summed E-state index contributed by atoms with van der Waals surface area (Å²) in [5.74, 6) is 0.689. The van der Waals surface area contributed by atoms with Crippen molar-refractivity contribution in [2.24, 2.45) is 0 Å². The molecular weight excluding hydrogens is 350 g/mol. The molecule has 7 heteroatoms. The second kappa shape index (κ2) is 7.05. The van der Waals surface area contributed by atoms with Gasteiger partial charge in [0.2, 0.25) is 5.95 Å². The highest BCUT2D eigenvalue weighted by molar-refractivity contribution is 6.31. The summed E-state index contributed by atoms with van der Waals surface area (Å²) in [5.41, 5.74) is 1.48. The highest BCUT2D eigenvalue weighted by Gasteiger charge is 2.17. The highest BCUT2D eigenvalue weighted by Crippen LogP contribution is 2.17. The summed E-state index contributed by atoms with van der Waals surface area (Å²) in [4.78, 5) is 26.3. The van der Waals surface area contributed by atoms with E-state index in [2.05, 4.69) is 26.8 Å². The second-order valence-corrected chi connectivity index (χ2v) is 7.01. The van der Waals surface area contributed by atoms with Crippen LogP contribution in [0.5, 0.6) is 0 Å². The Kier molecular flexibility index (Phi) is 4.61. The minimum absolute atomic E-state index is 0.104. The molecule has 1 aromatic carbocycles. The monoisotopic (exact) mass is 369 g/mol. The lowest BCUT2D eigenvalue weighted by Gasteiger charge is -2.32. The standard InChI is InChI=1S/C19H20ClN5O/c1-23-8-10-24(11-9-23)19-21-12-15-17(22-19)6-7-25(18(15)26)13-14-4-2-3-5-16(14)20/h2-7,12H,8-11,13H2,1H3. The van der Waals surface area contributed by atoms with Crippen LogP contribution < -0.4 is 10.5 Å². The van der Waals surface area contributed by atoms with Crippen molar-refractivity contribution in [3.05, 3.63) is 63.7 Å². The number of pyridine rings is 1. The number of nitrogens with zero attached hydrogens (tertiary/aromatic N) is 5. The zero-order chi connectivity index (χ0) is 18.1. The molecule has 1 fully saturated rings. The van der Waals surface area contributed by atoms with Crippen LogP contribution in [0.4, 0.5) is 5.95 Å². The van der Waals surface area contributed by atoms with Gasteiger partial charge < -0.3 is 14.4 Å². The van der Waals surface area contributed by atoms with Gasteiger partial charge in [0.05, 0.1) is 17.4 Å². The largest absolute Gasteiger partial charge is 0.338 e. The fraction of sp³-hybridized carbons (Fsp3) is 0.316. The highest BCUT2D eigenvalue weighted by atomic mass is 35.5. The van der Waals surface area contributed by atoms with E-state index in [0.717, 1.165) is 31.7 Å². The van der Waals surface area contributed by atoms with Crippen LogP contribution in [0.25, 0.3) is 10.9 Å². The van der Waals surface area contributed by atoms with Crippen molar-refractivity contribution in [1.29, 1.82) is 0 Å². The Hall–Kier alpha value is -2.44. The molecule has 4 rings (SSSR count). The number of likely N-dealkylation sites (N-methyl/N-ethyl adjacent to an activating group) is 1. The number of hydrogen-bond donors (Lipinski definition) is 0. The zero-order valence-electron chi connectivity index (χ0n) is 14.6. The van der Waals surface area contributed by atoms with E-state index in [9.17, 15) is 4.79 Å². The molecule has 2 aromatic heterocycles. The molecule has 1 aliphatic rings. The molecule has 6 nitrogen and oxygen atoms in total. The lowest BCUT2D eigenvalue weighted by molar-refractivity contribution is 0.311. The van der Waals surface area contributed by atoms with Crippen LogP contribution in [0.15, 0.2) is 47.5 Å². The molecule has 1 aliphatic heterocycles. The lowest BCUT2D eigenvalue weighted by atomic mass is 10.2. The van der Waals surface area contributed by atoms with Crippen molar-refractivity contribution in [2.45, 2.75) is 6.54 Å². The molecule has 0 aliphatic carbocycles. The van der Waals surface area contributed by atoms with Crippen molar-refractivity contribution in [1.82, 2.24) is 19.4 Å². The van der Waals surface area contributed by atoms with Crippen LogP contribution in [-0.2, 0) is 6.54 Å². The summed E-state index contributed by atoms with van der Waals surface area (Å²) in [7, 11) is 2.11. The fourth-order valence-corrected chi connectivity index (χ4v) is 3.35. The maximum Gasteiger partial charge on any atom is 0.261 e. The van der Waals surface area contributed by atoms with Gasteiger partial charge in [-0.1, -0.05) is 29.8 Å². The molecule has 1 saturated heterocycles. The number of benzene rings is 1. The van der Waals surface area contributed by atoms with Crippen molar-refractivity contribution in [3.63, 3.8) is 0 Å². The lowest BCUT2D eigenvalue weighted by Crippen LogP contribution is -2.45. The SMILES string of the molecule is CN1CCN(c2ncc3c(=O)n(Cc4ccccc4Cl)ccc3n2)CC1. The van der Waals surface area contributed by atoms with Gasteiger partial charge in [0.25, 0.3) is 5.56 Å². The summed E-state index contributed by atoms with van der Waals surface area (Å²) in [6.45, 7) is 4.19. The van der Waals surface area contributed by atoms with Gasteiger partial charge in [-0.05, 0) is 24.7 Å². The quantitative estimate of drug-likeness (QED) is 0.708. The van der Waals surface area contributed by atoms with Crippen molar-refractivity contribution >= 4 is 28.5 Å². The molecular formula is C19H20ClN5O. The fourth-order valence-electron chi connectivity index (χ4n) is 3.15. The van der Waals surface area contributed by atoms with Crippen molar-refractivity contribution in [2.75, 3.05) is 38.1 Å². The van der Waals surface area contributed by atoms with E-state index >= 15 is 0 Å². The summed E-state index contributed by atoms with van der Waals surface area (Å²) in [6.07, 6.45) is 3.41. The van der Waals surface area contributed by atoms with Gasteiger partial charge >= 0.3 is 0 Å². The Morgan fingerprint density at radius 1 is 1.12 bits per heavy atom. The normalized spacial score (nSPS) is 15.5. The molecule has 0 radical (unpaired) electrons. The molecule has 0 saturated carbocycles. The Labute approximate surface area is 156 Å². The average molecular weight is 370 g/mol. The van der Waals surface area contributed by atoms with E-state index in [1.54, 1.807) is 17.0 Å². The van der Waals surface area contributed by atoms with Gasteiger partial charge in [-0.15, -0.1) is 0 Å². The van der Waals surface area contributed by atoms with E-state index in [0.29, 0.717) is 28.4 Å². The molecule has 0 atom stereocenters. The Bertz CT molecular complexity index is 995. The molecule has 0 unspecified atom stereocenters. The minimum Gasteiger partial charge on any atom is -0.338 e. The number of piperazine rings is 1. The van der Waals surface area contributed by atoms with Gasteiger partial charge in [0.15, 0.2) is 0 Å². The van der Waals surface area contributed by atoms with Gasteiger partial charge in [-0.25, -0.2) is 9.97 Å². The maximum atomic E-state index is 12.8. The minimum atomic E-state index is -0.104.